The molecule has 0 amide bonds. The zero-order valence-electron chi connectivity index (χ0n) is 11.9. The van der Waals surface area contributed by atoms with Crippen molar-refractivity contribution in [1.29, 1.82) is 0 Å². The van der Waals surface area contributed by atoms with Crippen molar-refractivity contribution in [3.63, 3.8) is 0 Å². The smallest absolute Gasteiger partial charge is 0.224 e. The second-order valence-corrected chi connectivity index (χ2v) is 4.84. The van der Waals surface area contributed by atoms with Crippen LogP contribution in [0.2, 0.25) is 5.02 Å². The molecule has 0 atom stereocenters. The van der Waals surface area contributed by atoms with Crippen molar-refractivity contribution in [2.45, 2.75) is 27.2 Å². The lowest BCUT2D eigenvalue weighted by Gasteiger charge is -2.11. The van der Waals surface area contributed by atoms with Gasteiger partial charge in [-0.25, -0.2) is 4.98 Å². The molecule has 4 nitrogen and oxygen atoms in total. The van der Waals surface area contributed by atoms with Crippen LogP contribution in [-0.4, -0.2) is 16.5 Å². The van der Waals surface area contributed by atoms with Gasteiger partial charge in [-0.05, 0) is 31.5 Å². The lowest BCUT2D eigenvalue weighted by Crippen LogP contribution is -2.04. The Balaban J connectivity index is 2.32. The highest BCUT2D eigenvalue weighted by atomic mass is 35.5. The van der Waals surface area contributed by atoms with Crippen LogP contribution in [0.15, 0.2) is 24.3 Å². The third-order valence-corrected chi connectivity index (χ3v) is 3.02. The number of halogens is 1. The molecule has 0 aliphatic rings. The van der Waals surface area contributed by atoms with Crippen LogP contribution in [0.25, 0.3) is 0 Å². The average molecular weight is 292 g/mol. The fourth-order valence-electron chi connectivity index (χ4n) is 1.75. The summed E-state index contributed by atoms with van der Waals surface area (Å²) in [6.07, 6.45) is 0.754. The molecule has 0 spiro atoms. The molecule has 106 valence electrons. The van der Waals surface area contributed by atoms with E-state index in [-0.39, 0.29) is 0 Å². The number of nitrogens with one attached hydrogen (secondary N) is 1. The molecular formula is C15H18ClN3O. The van der Waals surface area contributed by atoms with Crippen LogP contribution in [0.4, 0.5) is 5.82 Å². The van der Waals surface area contributed by atoms with Crippen LogP contribution < -0.4 is 10.1 Å². The number of hydrogen-bond donors (Lipinski definition) is 1. The molecule has 1 aromatic heterocycles. The Morgan fingerprint density at radius 2 is 2.00 bits per heavy atom. The Hall–Kier alpha value is -1.81. The van der Waals surface area contributed by atoms with Gasteiger partial charge in [-0.15, -0.1) is 0 Å². The van der Waals surface area contributed by atoms with Gasteiger partial charge in [-0.3, -0.25) is 0 Å². The van der Waals surface area contributed by atoms with Gasteiger partial charge in [-0.1, -0.05) is 24.6 Å². The normalized spacial score (nSPS) is 10.4. The van der Waals surface area contributed by atoms with Gasteiger partial charge in [0.25, 0.3) is 0 Å². The summed E-state index contributed by atoms with van der Waals surface area (Å²) in [5, 5.41) is 3.82. The van der Waals surface area contributed by atoms with E-state index in [9.17, 15) is 0 Å². The summed E-state index contributed by atoms with van der Waals surface area (Å²) < 4.78 is 5.84. The van der Waals surface area contributed by atoms with Gasteiger partial charge in [0.05, 0.1) is 0 Å². The molecule has 1 aromatic carbocycles. The molecule has 20 heavy (non-hydrogen) atoms. The highest BCUT2D eigenvalue weighted by Crippen LogP contribution is 2.27. The minimum Gasteiger partial charge on any atom is -0.439 e. The SMILES string of the molecule is CCNc1cc(Oc2cc(Cl)ccc2C)nc(CC)n1. The number of benzene rings is 1. The van der Waals surface area contributed by atoms with Crippen molar-refractivity contribution in [3.05, 3.63) is 40.7 Å². The third kappa shape index (κ3) is 3.61. The summed E-state index contributed by atoms with van der Waals surface area (Å²) in [6.45, 7) is 6.81. The molecule has 1 N–H and O–H groups in total. The van der Waals surface area contributed by atoms with Crippen LogP contribution >= 0.6 is 11.6 Å². The van der Waals surface area contributed by atoms with Crippen molar-refractivity contribution in [2.24, 2.45) is 0 Å². The Morgan fingerprint density at radius 1 is 1.20 bits per heavy atom. The summed E-state index contributed by atoms with van der Waals surface area (Å²) in [6, 6.07) is 7.34. The van der Waals surface area contributed by atoms with Crippen molar-refractivity contribution in [2.75, 3.05) is 11.9 Å². The quantitative estimate of drug-likeness (QED) is 0.896. The van der Waals surface area contributed by atoms with E-state index in [1.807, 2.05) is 32.9 Å². The zero-order valence-corrected chi connectivity index (χ0v) is 12.7. The predicted octanol–water partition coefficient (Wildman–Crippen LogP) is 4.22. The number of ether oxygens (including phenoxy) is 1. The third-order valence-electron chi connectivity index (χ3n) is 2.79. The number of hydrogen-bond acceptors (Lipinski definition) is 4. The van der Waals surface area contributed by atoms with Crippen molar-refractivity contribution in [3.8, 4) is 11.6 Å². The van der Waals surface area contributed by atoms with E-state index in [4.69, 9.17) is 16.3 Å². The van der Waals surface area contributed by atoms with Crippen molar-refractivity contribution >= 4 is 17.4 Å². The summed E-state index contributed by atoms with van der Waals surface area (Å²) in [5.41, 5.74) is 1.01. The van der Waals surface area contributed by atoms with Gasteiger partial charge in [-0.2, -0.15) is 4.98 Å². The van der Waals surface area contributed by atoms with Gasteiger partial charge < -0.3 is 10.1 Å². The first-order valence-corrected chi connectivity index (χ1v) is 7.06. The fourth-order valence-corrected chi connectivity index (χ4v) is 1.91. The van der Waals surface area contributed by atoms with Gasteiger partial charge in [0.15, 0.2) is 0 Å². The second-order valence-electron chi connectivity index (χ2n) is 4.40. The van der Waals surface area contributed by atoms with E-state index in [2.05, 4.69) is 15.3 Å². The van der Waals surface area contributed by atoms with Crippen molar-refractivity contribution in [1.82, 2.24) is 9.97 Å². The first kappa shape index (κ1) is 14.6. The van der Waals surface area contributed by atoms with E-state index in [1.54, 1.807) is 12.1 Å². The molecule has 2 aromatic rings. The van der Waals surface area contributed by atoms with E-state index in [0.29, 0.717) is 16.7 Å². The first-order valence-electron chi connectivity index (χ1n) is 6.68. The Labute approximate surface area is 124 Å². The number of aromatic nitrogens is 2. The standard InChI is InChI=1S/C15H18ClN3O/c1-4-13-18-14(17-5-2)9-15(19-13)20-12-8-11(16)7-6-10(12)3/h6-9H,4-5H2,1-3H3,(H,17,18,19). The maximum Gasteiger partial charge on any atom is 0.224 e. The fraction of sp³-hybridized carbons (Fsp3) is 0.333. The molecule has 0 bridgehead atoms. The highest BCUT2D eigenvalue weighted by molar-refractivity contribution is 6.30. The summed E-state index contributed by atoms with van der Waals surface area (Å²) in [7, 11) is 0. The van der Waals surface area contributed by atoms with Crippen LogP contribution in [-0.2, 0) is 6.42 Å². The molecule has 0 saturated carbocycles. The predicted molar refractivity (Wildman–Crippen MR) is 81.8 cm³/mol. The van der Waals surface area contributed by atoms with E-state index in [0.717, 1.165) is 30.2 Å². The molecular weight excluding hydrogens is 274 g/mol. The minimum atomic E-state index is 0.526. The lowest BCUT2D eigenvalue weighted by atomic mass is 10.2. The lowest BCUT2D eigenvalue weighted by molar-refractivity contribution is 0.456. The van der Waals surface area contributed by atoms with Gasteiger partial charge in [0, 0.05) is 24.1 Å². The van der Waals surface area contributed by atoms with Crippen LogP contribution in [0.3, 0.4) is 0 Å². The molecule has 0 fully saturated rings. The monoisotopic (exact) mass is 291 g/mol. The maximum atomic E-state index is 6.00. The highest BCUT2D eigenvalue weighted by Gasteiger charge is 2.07. The van der Waals surface area contributed by atoms with E-state index >= 15 is 0 Å². The largest absolute Gasteiger partial charge is 0.439 e. The maximum absolute atomic E-state index is 6.00. The van der Waals surface area contributed by atoms with Crippen LogP contribution in [0.5, 0.6) is 11.6 Å². The molecule has 1 heterocycles. The Bertz CT molecular complexity index is 602. The topological polar surface area (TPSA) is 47.0 Å². The summed E-state index contributed by atoms with van der Waals surface area (Å²) in [5.74, 6) is 2.76. The number of rotatable bonds is 5. The minimum absolute atomic E-state index is 0.526. The van der Waals surface area contributed by atoms with Gasteiger partial charge in [0.2, 0.25) is 5.88 Å². The molecule has 0 aliphatic heterocycles. The van der Waals surface area contributed by atoms with Crippen molar-refractivity contribution < 1.29 is 4.74 Å². The Kier molecular flexibility index (Phi) is 4.79. The number of nitrogens with zero attached hydrogens (tertiary/aromatic N) is 2. The van der Waals surface area contributed by atoms with Crippen LogP contribution in [0.1, 0.15) is 25.2 Å². The Morgan fingerprint density at radius 3 is 2.70 bits per heavy atom. The molecule has 5 heteroatoms. The number of anilines is 1. The van der Waals surface area contributed by atoms with Gasteiger partial charge >= 0.3 is 0 Å². The number of aryl methyl sites for hydroxylation is 2. The van der Waals surface area contributed by atoms with E-state index in [1.165, 1.54) is 0 Å². The zero-order chi connectivity index (χ0) is 14.5. The summed E-state index contributed by atoms with van der Waals surface area (Å²) in [4.78, 5) is 8.78. The average Bonchev–Trinajstić information content (AvgIpc) is 2.43. The summed E-state index contributed by atoms with van der Waals surface area (Å²) >= 11 is 6.00. The molecule has 0 saturated heterocycles. The molecule has 0 unspecified atom stereocenters. The van der Waals surface area contributed by atoms with Crippen LogP contribution in [0, 0.1) is 6.92 Å². The molecule has 2 rings (SSSR count). The second kappa shape index (κ2) is 6.57. The molecule has 0 radical (unpaired) electrons. The molecule has 0 aliphatic carbocycles. The first-order chi connectivity index (χ1) is 9.62. The van der Waals surface area contributed by atoms with Gasteiger partial charge in [0.1, 0.15) is 17.4 Å². The van der Waals surface area contributed by atoms with E-state index < -0.39 is 0 Å².